The number of carbonyl (C=O) groups excluding carboxylic acids is 2. The highest BCUT2D eigenvalue weighted by atomic mass is 35.5. The Morgan fingerprint density at radius 2 is 1.63 bits per heavy atom. The molecule has 0 aromatic heterocycles. The molecule has 1 aromatic carbocycles. The van der Waals surface area contributed by atoms with E-state index in [9.17, 15) is 9.59 Å². The van der Waals surface area contributed by atoms with Gasteiger partial charge in [-0.3, -0.25) is 9.59 Å². The molecular weight excluding hydrogens is 385 g/mol. The number of carbonyl (C=O) groups is 2. The SMILES string of the molecule is CC(C)[C@@H](NC(=O)C(C)(C)C)C(=O)N1CCN(c2ccc(Cl)c(Cl)c2)CC1. The van der Waals surface area contributed by atoms with Gasteiger partial charge < -0.3 is 15.1 Å². The highest BCUT2D eigenvalue weighted by Crippen LogP contribution is 2.28. The molecule has 7 heteroatoms. The fourth-order valence-corrected chi connectivity index (χ4v) is 3.23. The van der Waals surface area contributed by atoms with Crippen LogP contribution in [0.1, 0.15) is 34.6 Å². The van der Waals surface area contributed by atoms with Gasteiger partial charge in [0.25, 0.3) is 0 Å². The predicted molar refractivity (Wildman–Crippen MR) is 111 cm³/mol. The summed E-state index contributed by atoms with van der Waals surface area (Å²) in [5.74, 6) is -0.0997. The van der Waals surface area contributed by atoms with Crippen molar-refractivity contribution in [2.75, 3.05) is 31.1 Å². The number of hydrogen-bond donors (Lipinski definition) is 1. The fourth-order valence-electron chi connectivity index (χ4n) is 2.93. The van der Waals surface area contributed by atoms with Crippen molar-refractivity contribution in [1.29, 1.82) is 0 Å². The Labute approximate surface area is 172 Å². The van der Waals surface area contributed by atoms with Crippen LogP contribution in [-0.4, -0.2) is 48.9 Å². The second-order valence-electron chi connectivity index (χ2n) is 8.36. The highest BCUT2D eigenvalue weighted by Gasteiger charge is 2.33. The molecule has 150 valence electrons. The van der Waals surface area contributed by atoms with E-state index in [1.54, 1.807) is 6.07 Å². The highest BCUT2D eigenvalue weighted by molar-refractivity contribution is 6.42. The van der Waals surface area contributed by atoms with E-state index in [1.807, 2.05) is 51.7 Å². The van der Waals surface area contributed by atoms with E-state index in [2.05, 4.69) is 10.2 Å². The minimum Gasteiger partial charge on any atom is -0.368 e. The van der Waals surface area contributed by atoms with Crippen molar-refractivity contribution in [3.05, 3.63) is 28.2 Å². The maximum Gasteiger partial charge on any atom is 0.245 e. The summed E-state index contributed by atoms with van der Waals surface area (Å²) in [4.78, 5) is 29.4. The first kappa shape index (κ1) is 21.8. The molecule has 0 spiro atoms. The van der Waals surface area contributed by atoms with E-state index >= 15 is 0 Å². The lowest BCUT2D eigenvalue weighted by Gasteiger charge is -2.38. The minimum absolute atomic E-state index is 0.0172. The van der Waals surface area contributed by atoms with Crippen LogP contribution in [0.5, 0.6) is 0 Å². The van der Waals surface area contributed by atoms with Crippen molar-refractivity contribution in [3.8, 4) is 0 Å². The Morgan fingerprint density at radius 1 is 1.04 bits per heavy atom. The van der Waals surface area contributed by atoms with E-state index in [-0.39, 0.29) is 17.7 Å². The molecule has 1 aromatic rings. The molecule has 0 unspecified atom stereocenters. The minimum atomic E-state index is -0.528. The van der Waals surface area contributed by atoms with Crippen molar-refractivity contribution >= 4 is 40.7 Å². The monoisotopic (exact) mass is 413 g/mol. The molecule has 1 aliphatic heterocycles. The molecule has 1 N–H and O–H groups in total. The second-order valence-corrected chi connectivity index (χ2v) is 9.17. The largest absolute Gasteiger partial charge is 0.368 e. The quantitative estimate of drug-likeness (QED) is 0.815. The molecule has 0 aliphatic carbocycles. The van der Waals surface area contributed by atoms with Crippen LogP contribution in [0.25, 0.3) is 0 Å². The molecule has 1 aliphatic rings. The summed E-state index contributed by atoms with van der Waals surface area (Å²) in [5.41, 5.74) is 0.470. The zero-order valence-electron chi connectivity index (χ0n) is 16.7. The van der Waals surface area contributed by atoms with Crippen LogP contribution in [0.3, 0.4) is 0 Å². The van der Waals surface area contributed by atoms with Gasteiger partial charge in [0, 0.05) is 37.3 Å². The van der Waals surface area contributed by atoms with E-state index in [4.69, 9.17) is 23.2 Å². The molecule has 0 radical (unpaired) electrons. The molecule has 27 heavy (non-hydrogen) atoms. The van der Waals surface area contributed by atoms with E-state index in [0.717, 1.165) is 5.69 Å². The van der Waals surface area contributed by atoms with Crippen molar-refractivity contribution < 1.29 is 9.59 Å². The summed E-state index contributed by atoms with van der Waals surface area (Å²) >= 11 is 12.1. The predicted octanol–water partition coefficient (Wildman–Crippen LogP) is 3.83. The summed E-state index contributed by atoms with van der Waals surface area (Å²) in [6.07, 6.45) is 0. The maximum atomic E-state index is 13.0. The lowest BCUT2D eigenvalue weighted by Crippen LogP contribution is -2.57. The number of nitrogens with zero attached hydrogens (tertiary/aromatic N) is 2. The van der Waals surface area contributed by atoms with Gasteiger partial charge >= 0.3 is 0 Å². The van der Waals surface area contributed by atoms with Gasteiger partial charge in [0.15, 0.2) is 0 Å². The summed E-state index contributed by atoms with van der Waals surface area (Å²) in [7, 11) is 0. The van der Waals surface area contributed by atoms with Gasteiger partial charge in [-0.1, -0.05) is 57.8 Å². The number of anilines is 1. The number of hydrogen-bond acceptors (Lipinski definition) is 3. The van der Waals surface area contributed by atoms with Crippen molar-refractivity contribution in [1.82, 2.24) is 10.2 Å². The Bertz CT molecular complexity index is 693. The summed E-state index contributed by atoms with van der Waals surface area (Å²) < 4.78 is 0. The topological polar surface area (TPSA) is 52.7 Å². The lowest BCUT2D eigenvalue weighted by molar-refractivity contribution is -0.140. The van der Waals surface area contributed by atoms with Crippen LogP contribution in [0.4, 0.5) is 5.69 Å². The van der Waals surface area contributed by atoms with Crippen molar-refractivity contribution in [2.24, 2.45) is 11.3 Å². The molecule has 2 rings (SSSR count). The van der Waals surface area contributed by atoms with Crippen LogP contribution >= 0.6 is 23.2 Å². The van der Waals surface area contributed by atoms with Crippen molar-refractivity contribution in [2.45, 2.75) is 40.7 Å². The average Bonchev–Trinajstić information content (AvgIpc) is 2.60. The fraction of sp³-hybridized carbons (Fsp3) is 0.600. The van der Waals surface area contributed by atoms with E-state index in [1.165, 1.54) is 0 Å². The second kappa shape index (κ2) is 8.70. The molecule has 5 nitrogen and oxygen atoms in total. The molecule has 2 amide bonds. The summed E-state index contributed by atoms with van der Waals surface area (Å²) in [6, 6.07) is 5.06. The first-order chi connectivity index (χ1) is 12.5. The first-order valence-electron chi connectivity index (χ1n) is 9.30. The van der Waals surface area contributed by atoms with Crippen LogP contribution < -0.4 is 10.2 Å². The molecule has 1 heterocycles. The third-order valence-electron chi connectivity index (χ3n) is 4.76. The number of piperazine rings is 1. The van der Waals surface area contributed by atoms with Gasteiger partial charge in [-0.15, -0.1) is 0 Å². The Morgan fingerprint density at radius 3 is 2.11 bits per heavy atom. The molecule has 1 fully saturated rings. The molecule has 0 saturated carbocycles. The molecule has 1 atom stereocenters. The summed E-state index contributed by atoms with van der Waals surface area (Å²) in [5, 5.41) is 3.99. The molecule has 1 saturated heterocycles. The third-order valence-corrected chi connectivity index (χ3v) is 5.50. The average molecular weight is 414 g/mol. The molecular formula is C20H29Cl2N3O2. The van der Waals surface area contributed by atoms with E-state index < -0.39 is 11.5 Å². The number of halogens is 2. The van der Waals surface area contributed by atoms with Gasteiger partial charge in [0.05, 0.1) is 10.0 Å². The van der Waals surface area contributed by atoms with Crippen LogP contribution in [-0.2, 0) is 9.59 Å². The Balaban J connectivity index is 2.01. The number of rotatable bonds is 4. The number of nitrogens with one attached hydrogen (secondary N) is 1. The van der Waals surface area contributed by atoms with Gasteiger partial charge in [-0.2, -0.15) is 0 Å². The van der Waals surface area contributed by atoms with Crippen molar-refractivity contribution in [3.63, 3.8) is 0 Å². The van der Waals surface area contributed by atoms with Gasteiger partial charge in [-0.05, 0) is 24.1 Å². The molecule has 0 bridgehead atoms. The van der Waals surface area contributed by atoms with E-state index in [0.29, 0.717) is 36.2 Å². The van der Waals surface area contributed by atoms with Gasteiger partial charge in [-0.25, -0.2) is 0 Å². The normalized spacial score (nSPS) is 16.4. The number of amides is 2. The van der Waals surface area contributed by atoms with Crippen LogP contribution in [0.2, 0.25) is 10.0 Å². The van der Waals surface area contributed by atoms with Crippen LogP contribution in [0, 0.1) is 11.3 Å². The Hall–Kier alpha value is -1.46. The standard InChI is InChI=1S/C20H29Cl2N3O2/c1-13(2)17(23-19(27)20(3,4)5)18(26)25-10-8-24(9-11-25)14-6-7-15(21)16(22)12-14/h6-7,12-13,17H,8-11H2,1-5H3,(H,23,27)/t17-/m1/s1. The van der Waals surface area contributed by atoms with Gasteiger partial charge in [0.2, 0.25) is 11.8 Å². The zero-order valence-corrected chi connectivity index (χ0v) is 18.2. The maximum absolute atomic E-state index is 13.0. The zero-order chi connectivity index (χ0) is 20.4. The first-order valence-corrected chi connectivity index (χ1v) is 10.1. The third kappa shape index (κ3) is 5.52. The lowest BCUT2D eigenvalue weighted by atomic mass is 9.93. The Kier molecular flexibility index (Phi) is 7.03. The summed E-state index contributed by atoms with van der Waals surface area (Å²) in [6.45, 7) is 12.1. The van der Waals surface area contributed by atoms with Gasteiger partial charge in [0.1, 0.15) is 6.04 Å². The van der Waals surface area contributed by atoms with Crippen LogP contribution in [0.15, 0.2) is 18.2 Å². The smallest absolute Gasteiger partial charge is 0.245 e. The number of benzene rings is 1.